The third-order valence-corrected chi connectivity index (χ3v) is 2.72. The Labute approximate surface area is 120 Å². The third-order valence-electron chi connectivity index (χ3n) is 2.72. The number of anilines is 1. The largest absolute Gasteiger partial charge is 0.366 e. The molecular weight excluding hydrogens is 270 g/mol. The average molecular weight is 281 g/mol. The Morgan fingerprint density at radius 3 is 2.10 bits per heavy atom. The highest BCUT2D eigenvalue weighted by atomic mass is 16.2. The summed E-state index contributed by atoms with van der Waals surface area (Å²) in [6.07, 6.45) is 0. The van der Waals surface area contributed by atoms with Gasteiger partial charge in [0.05, 0.1) is 0 Å². The van der Waals surface area contributed by atoms with Gasteiger partial charge in [0.15, 0.2) is 0 Å². The summed E-state index contributed by atoms with van der Waals surface area (Å²) in [5, 5.41) is 6.10. The van der Waals surface area contributed by atoms with Gasteiger partial charge in [0.2, 0.25) is 5.91 Å². The van der Waals surface area contributed by atoms with Gasteiger partial charge >= 0.3 is 0 Å². The number of rotatable bonds is 4. The fraction of sp³-hybridized carbons (Fsp3) is 0. The predicted octanol–water partition coefficient (Wildman–Crippen LogP) is 2.98. The summed E-state index contributed by atoms with van der Waals surface area (Å²) in [4.78, 5) is 25.6. The predicted molar refractivity (Wildman–Crippen MR) is 78.2 cm³/mol. The molecule has 104 valence electrons. The van der Waals surface area contributed by atoms with Gasteiger partial charge in [0, 0.05) is 27.4 Å². The molecular formula is C14H11N5O2. The van der Waals surface area contributed by atoms with Crippen LogP contribution in [-0.4, -0.2) is 11.8 Å². The van der Waals surface area contributed by atoms with E-state index in [0.29, 0.717) is 22.5 Å². The number of carbonyl (C=O) groups is 2. The monoisotopic (exact) mass is 281 g/mol. The number of nitrogens with zero attached hydrogens (tertiary/aromatic N) is 3. The third kappa shape index (κ3) is 3.59. The SMILES string of the molecule is [N-]=[N+]=Nc1ccc(C(=O)Nc2ccc(C(N)=O)cc2)cc1. The summed E-state index contributed by atoms with van der Waals surface area (Å²) >= 11 is 0. The zero-order chi connectivity index (χ0) is 15.2. The van der Waals surface area contributed by atoms with E-state index in [4.69, 9.17) is 11.3 Å². The van der Waals surface area contributed by atoms with Crippen molar-refractivity contribution in [3.63, 3.8) is 0 Å². The number of hydrogen-bond donors (Lipinski definition) is 2. The van der Waals surface area contributed by atoms with E-state index in [-0.39, 0.29) is 5.91 Å². The summed E-state index contributed by atoms with van der Waals surface area (Å²) in [5.41, 5.74) is 15.2. The first-order valence-corrected chi connectivity index (χ1v) is 5.96. The molecule has 2 amide bonds. The highest BCUT2D eigenvalue weighted by Gasteiger charge is 2.06. The van der Waals surface area contributed by atoms with Crippen LogP contribution >= 0.6 is 0 Å². The molecule has 2 rings (SSSR count). The van der Waals surface area contributed by atoms with Crippen LogP contribution in [0.15, 0.2) is 53.6 Å². The maximum atomic E-state index is 12.0. The van der Waals surface area contributed by atoms with Crippen LogP contribution in [0.2, 0.25) is 0 Å². The van der Waals surface area contributed by atoms with Crippen LogP contribution in [0.3, 0.4) is 0 Å². The number of azide groups is 1. The summed E-state index contributed by atoms with van der Waals surface area (Å²) in [5.74, 6) is -0.837. The Morgan fingerprint density at radius 2 is 1.57 bits per heavy atom. The Morgan fingerprint density at radius 1 is 1.00 bits per heavy atom. The Kier molecular flexibility index (Phi) is 4.18. The zero-order valence-corrected chi connectivity index (χ0v) is 10.9. The van der Waals surface area contributed by atoms with Crippen molar-refractivity contribution in [3.8, 4) is 0 Å². The molecule has 0 aliphatic heterocycles. The van der Waals surface area contributed by atoms with Crippen molar-refractivity contribution in [2.45, 2.75) is 0 Å². The fourth-order valence-electron chi connectivity index (χ4n) is 1.65. The van der Waals surface area contributed by atoms with Crippen molar-refractivity contribution in [1.29, 1.82) is 0 Å². The van der Waals surface area contributed by atoms with Crippen LogP contribution in [0, 0.1) is 0 Å². The molecule has 0 atom stereocenters. The van der Waals surface area contributed by atoms with Gasteiger partial charge in [-0.2, -0.15) is 0 Å². The molecule has 0 radical (unpaired) electrons. The molecule has 0 fully saturated rings. The van der Waals surface area contributed by atoms with E-state index in [9.17, 15) is 9.59 Å². The highest BCUT2D eigenvalue weighted by molar-refractivity contribution is 6.04. The molecule has 0 aliphatic carbocycles. The van der Waals surface area contributed by atoms with Crippen molar-refractivity contribution < 1.29 is 9.59 Å². The van der Waals surface area contributed by atoms with E-state index in [2.05, 4.69) is 15.3 Å². The number of amides is 2. The number of primary amides is 1. The van der Waals surface area contributed by atoms with Crippen LogP contribution < -0.4 is 11.1 Å². The first-order chi connectivity index (χ1) is 10.1. The molecule has 0 aliphatic rings. The number of nitrogens with one attached hydrogen (secondary N) is 1. The first-order valence-electron chi connectivity index (χ1n) is 5.96. The minimum atomic E-state index is -0.526. The van der Waals surface area contributed by atoms with Gasteiger partial charge in [-0.05, 0) is 41.9 Å². The van der Waals surface area contributed by atoms with Crippen molar-refractivity contribution in [2.75, 3.05) is 5.32 Å². The van der Waals surface area contributed by atoms with E-state index >= 15 is 0 Å². The standard InChI is InChI=1S/C14H11N5O2/c15-13(20)9-1-5-11(6-2-9)17-14(21)10-3-7-12(8-4-10)18-19-16/h1-8H,(H2,15,20)(H,17,21). The fourth-order valence-corrected chi connectivity index (χ4v) is 1.65. The number of benzene rings is 2. The van der Waals surface area contributed by atoms with E-state index < -0.39 is 5.91 Å². The Hall–Kier alpha value is -3.31. The summed E-state index contributed by atoms with van der Waals surface area (Å²) in [6, 6.07) is 12.4. The molecule has 0 heterocycles. The normalized spacial score (nSPS) is 9.52. The Balaban J connectivity index is 2.10. The lowest BCUT2D eigenvalue weighted by Gasteiger charge is -2.06. The molecule has 2 aromatic carbocycles. The number of carbonyl (C=O) groups excluding carboxylic acids is 2. The Bertz CT molecular complexity index is 716. The van der Waals surface area contributed by atoms with Gasteiger partial charge in [-0.15, -0.1) is 0 Å². The highest BCUT2D eigenvalue weighted by Crippen LogP contribution is 2.15. The molecule has 7 heteroatoms. The maximum Gasteiger partial charge on any atom is 0.255 e. The van der Waals surface area contributed by atoms with Crippen LogP contribution in [0.1, 0.15) is 20.7 Å². The quantitative estimate of drug-likeness (QED) is 0.508. The van der Waals surface area contributed by atoms with Gasteiger partial charge in [0.25, 0.3) is 5.91 Å². The zero-order valence-electron chi connectivity index (χ0n) is 10.9. The smallest absolute Gasteiger partial charge is 0.255 e. The molecule has 0 spiro atoms. The molecule has 0 saturated carbocycles. The van der Waals surface area contributed by atoms with Crippen molar-refractivity contribution in [3.05, 3.63) is 70.1 Å². The van der Waals surface area contributed by atoms with Crippen LogP contribution in [-0.2, 0) is 0 Å². The lowest BCUT2D eigenvalue weighted by Crippen LogP contribution is -2.13. The van der Waals surface area contributed by atoms with E-state index in [1.807, 2.05) is 0 Å². The second-order valence-electron chi connectivity index (χ2n) is 4.13. The van der Waals surface area contributed by atoms with Crippen LogP contribution in [0.4, 0.5) is 11.4 Å². The second kappa shape index (κ2) is 6.23. The van der Waals surface area contributed by atoms with Crippen molar-refractivity contribution >= 4 is 23.2 Å². The number of hydrogen-bond acceptors (Lipinski definition) is 3. The molecule has 0 aromatic heterocycles. The second-order valence-corrected chi connectivity index (χ2v) is 4.13. The van der Waals surface area contributed by atoms with Crippen LogP contribution in [0.5, 0.6) is 0 Å². The van der Waals surface area contributed by atoms with E-state index in [1.54, 1.807) is 36.4 Å². The minimum absolute atomic E-state index is 0.311. The van der Waals surface area contributed by atoms with Crippen molar-refractivity contribution in [1.82, 2.24) is 0 Å². The lowest BCUT2D eigenvalue weighted by atomic mass is 10.1. The van der Waals surface area contributed by atoms with Gasteiger partial charge in [0.1, 0.15) is 0 Å². The average Bonchev–Trinajstić information content (AvgIpc) is 2.49. The molecule has 0 unspecified atom stereocenters. The summed E-state index contributed by atoms with van der Waals surface area (Å²) in [7, 11) is 0. The van der Waals surface area contributed by atoms with E-state index in [0.717, 1.165) is 0 Å². The molecule has 7 nitrogen and oxygen atoms in total. The summed E-state index contributed by atoms with van der Waals surface area (Å²) in [6.45, 7) is 0. The van der Waals surface area contributed by atoms with E-state index in [1.165, 1.54) is 12.1 Å². The lowest BCUT2D eigenvalue weighted by molar-refractivity contribution is 0.0998. The molecule has 21 heavy (non-hydrogen) atoms. The summed E-state index contributed by atoms with van der Waals surface area (Å²) < 4.78 is 0. The molecule has 3 N–H and O–H groups in total. The van der Waals surface area contributed by atoms with Gasteiger partial charge in [-0.3, -0.25) is 9.59 Å². The first kappa shape index (κ1) is 14.1. The maximum absolute atomic E-state index is 12.0. The molecule has 0 saturated heterocycles. The minimum Gasteiger partial charge on any atom is -0.366 e. The van der Waals surface area contributed by atoms with Crippen molar-refractivity contribution in [2.24, 2.45) is 10.8 Å². The van der Waals surface area contributed by atoms with Gasteiger partial charge in [-0.1, -0.05) is 17.2 Å². The van der Waals surface area contributed by atoms with Gasteiger partial charge in [-0.25, -0.2) is 0 Å². The van der Waals surface area contributed by atoms with Crippen LogP contribution in [0.25, 0.3) is 10.4 Å². The molecule has 0 bridgehead atoms. The number of nitrogens with two attached hydrogens (primary N) is 1. The van der Waals surface area contributed by atoms with Gasteiger partial charge < -0.3 is 11.1 Å². The molecule has 2 aromatic rings. The topological polar surface area (TPSA) is 121 Å².